The Labute approximate surface area is 110 Å². The molecule has 0 aromatic carbocycles. The van der Waals surface area contributed by atoms with E-state index in [0.29, 0.717) is 0 Å². The van der Waals surface area contributed by atoms with E-state index in [1.807, 2.05) is 0 Å². The molecule has 0 spiro atoms. The predicted molar refractivity (Wildman–Crippen MR) is 78.4 cm³/mol. The molecule has 0 unspecified atom stereocenters. The van der Waals surface area contributed by atoms with Crippen LogP contribution in [0.25, 0.3) is 0 Å². The van der Waals surface area contributed by atoms with E-state index in [1.54, 1.807) is 0 Å². The Morgan fingerprint density at radius 1 is 0.933 bits per heavy atom. The SMILES string of the molecule is CCCCC(CCCC)CCCN(C)I. The highest BCUT2D eigenvalue weighted by Crippen LogP contribution is 2.21. The molecular weight excluding hydrogens is 297 g/mol. The van der Waals surface area contributed by atoms with Gasteiger partial charge in [-0.05, 0) is 25.8 Å². The van der Waals surface area contributed by atoms with Gasteiger partial charge in [-0.1, -0.05) is 52.4 Å². The summed E-state index contributed by atoms with van der Waals surface area (Å²) in [6.45, 7) is 5.85. The second-order valence-electron chi connectivity index (χ2n) is 4.62. The first kappa shape index (κ1) is 15.7. The normalized spacial score (nSPS) is 11.6. The molecule has 0 radical (unpaired) electrons. The molecule has 0 heterocycles. The van der Waals surface area contributed by atoms with E-state index in [1.165, 1.54) is 57.9 Å². The lowest BCUT2D eigenvalue weighted by molar-refractivity contribution is 0.373. The van der Waals surface area contributed by atoms with E-state index in [2.05, 4.69) is 46.9 Å². The average Bonchev–Trinajstić information content (AvgIpc) is 2.20. The van der Waals surface area contributed by atoms with Crippen molar-refractivity contribution in [3.63, 3.8) is 0 Å². The molecule has 0 aromatic heterocycles. The van der Waals surface area contributed by atoms with Crippen molar-refractivity contribution in [2.45, 2.75) is 65.2 Å². The zero-order chi connectivity index (χ0) is 11.5. The van der Waals surface area contributed by atoms with E-state index in [9.17, 15) is 0 Å². The van der Waals surface area contributed by atoms with Gasteiger partial charge in [-0.15, -0.1) is 0 Å². The number of hydrogen-bond donors (Lipinski definition) is 0. The van der Waals surface area contributed by atoms with Gasteiger partial charge in [0.05, 0.1) is 0 Å². The van der Waals surface area contributed by atoms with Crippen LogP contribution in [0, 0.1) is 5.92 Å². The molecule has 1 nitrogen and oxygen atoms in total. The van der Waals surface area contributed by atoms with Crippen LogP contribution in [0.4, 0.5) is 0 Å². The molecule has 92 valence electrons. The summed E-state index contributed by atoms with van der Waals surface area (Å²) >= 11 is 2.38. The number of unbranched alkanes of at least 4 members (excludes halogenated alkanes) is 2. The van der Waals surface area contributed by atoms with Gasteiger partial charge in [0.2, 0.25) is 0 Å². The van der Waals surface area contributed by atoms with E-state index < -0.39 is 0 Å². The van der Waals surface area contributed by atoms with Crippen molar-refractivity contribution in [1.29, 1.82) is 0 Å². The van der Waals surface area contributed by atoms with Crippen LogP contribution >= 0.6 is 22.9 Å². The maximum atomic E-state index is 2.38. The second kappa shape index (κ2) is 11.2. The lowest BCUT2D eigenvalue weighted by Crippen LogP contribution is -2.09. The highest BCUT2D eigenvalue weighted by atomic mass is 127. The minimum absolute atomic E-state index is 1.00. The molecule has 0 fully saturated rings. The Kier molecular flexibility index (Phi) is 11.7. The number of nitrogens with zero attached hydrogens (tertiary/aromatic N) is 1. The summed E-state index contributed by atoms with van der Waals surface area (Å²) < 4.78 is 2.27. The molecule has 0 saturated carbocycles. The maximum absolute atomic E-state index is 2.38. The van der Waals surface area contributed by atoms with Crippen molar-refractivity contribution in [3.8, 4) is 0 Å². The first-order valence-electron chi connectivity index (χ1n) is 6.57. The van der Waals surface area contributed by atoms with Crippen molar-refractivity contribution >= 4 is 22.9 Å². The molecular formula is C13H28IN. The predicted octanol–water partition coefficient (Wildman–Crippen LogP) is 5.05. The third kappa shape index (κ3) is 11.0. The second-order valence-corrected chi connectivity index (χ2v) is 6.27. The van der Waals surface area contributed by atoms with Gasteiger partial charge in [0.25, 0.3) is 0 Å². The van der Waals surface area contributed by atoms with Crippen LogP contribution < -0.4 is 0 Å². The highest BCUT2D eigenvalue weighted by Gasteiger charge is 2.07. The van der Waals surface area contributed by atoms with Gasteiger partial charge in [-0.2, -0.15) is 0 Å². The van der Waals surface area contributed by atoms with Crippen LogP contribution in [0.5, 0.6) is 0 Å². The van der Waals surface area contributed by atoms with Crippen LogP contribution in [0.15, 0.2) is 0 Å². The van der Waals surface area contributed by atoms with Gasteiger partial charge in [0, 0.05) is 29.4 Å². The van der Waals surface area contributed by atoms with Gasteiger partial charge >= 0.3 is 0 Å². The van der Waals surface area contributed by atoms with E-state index in [-0.39, 0.29) is 0 Å². The molecule has 2 heteroatoms. The van der Waals surface area contributed by atoms with Gasteiger partial charge < -0.3 is 0 Å². The van der Waals surface area contributed by atoms with E-state index in [0.717, 1.165) is 5.92 Å². The molecule has 15 heavy (non-hydrogen) atoms. The first-order chi connectivity index (χ1) is 7.20. The van der Waals surface area contributed by atoms with Gasteiger partial charge in [0.15, 0.2) is 0 Å². The molecule has 0 saturated heterocycles. The fourth-order valence-corrected chi connectivity index (χ4v) is 2.36. The van der Waals surface area contributed by atoms with Gasteiger partial charge in [-0.3, -0.25) is 3.11 Å². The standard InChI is InChI=1S/C13H28IN/c1-4-6-9-13(10-7-5-2)11-8-12-15(3)14/h13H,4-12H2,1-3H3. The average molecular weight is 325 g/mol. The molecule has 0 aliphatic heterocycles. The van der Waals surface area contributed by atoms with Gasteiger partial charge in [-0.25, -0.2) is 0 Å². The molecule has 0 aliphatic carbocycles. The zero-order valence-electron chi connectivity index (χ0n) is 10.8. The van der Waals surface area contributed by atoms with Crippen LogP contribution in [-0.2, 0) is 0 Å². The molecule has 0 bridgehead atoms. The van der Waals surface area contributed by atoms with E-state index >= 15 is 0 Å². The van der Waals surface area contributed by atoms with Crippen molar-refractivity contribution in [3.05, 3.63) is 0 Å². The molecule has 0 amide bonds. The summed E-state index contributed by atoms with van der Waals surface area (Å²) in [5, 5.41) is 0. The lowest BCUT2D eigenvalue weighted by atomic mass is 9.92. The third-order valence-corrected chi connectivity index (χ3v) is 3.49. The monoisotopic (exact) mass is 325 g/mol. The molecule has 0 aliphatic rings. The number of hydrogen-bond acceptors (Lipinski definition) is 1. The van der Waals surface area contributed by atoms with Crippen LogP contribution in [0.3, 0.4) is 0 Å². The number of halogens is 1. The zero-order valence-corrected chi connectivity index (χ0v) is 12.9. The smallest absolute Gasteiger partial charge is 0.0198 e. The largest absolute Gasteiger partial charge is 0.251 e. The Bertz CT molecular complexity index is 118. The maximum Gasteiger partial charge on any atom is 0.0198 e. The van der Waals surface area contributed by atoms with Crippen LogP contribution in [0.1, 0.15) is 65.2 Å². The molecule has 0 aromatic rings. The quantitative estimate of drug-likeness (QED) is 0.401. The van der Waals surface area contributed by atoms with Crippen LogP contribution in [0.2, 0.25) is 0 Å². The first-order valence-corrected chi connectivity index (χ1v) is 7.54. The minimum atomic E-state index is 1.00. The summed E-state index contributed by atoms with van der Waals surface area (Å²) in [4.78, 5) is 0. The van der Waals surface area contributed by atoms with Crippen molar-refractivity contribution in [1.82, 2.24) is 3.11 Å². The summed E-state index contributed by atoms with van der Waals surface area (Å²) in [5.74, 6) is 1.00. The fraction of sp³-hybridized carbons (Fsp3) is 1.00. The highest BCUT2D eigenvalue weighted by molar-refractivity contribution is 14.1. The topological polar surface area (TPSA) is 3.24 Å². The summed E-state index contributed by atoms with van der Waals surface area (Å²) in [6, 6.07) is 0. The van der Waals surface area contributed by atoms with Crippen LogP contribution in [-0.4, -0.2) is 16.7 Å². The van der Waals surface area contributed by atoms with Gasteiger partial charge in [0.1, 0.15) is 0 Å². The van der Waals surface area contributed by atoms with Crippen molar-refractivity contribution < 1.29 is 0 Å². The lowest BCUT2D eigenvalue weighted by Gasteiger charge is -2.17. The Morgan fingerprint density at radius 2 is 1.40 bits per heavy atom. The van der Waals surface area contributed by atoms with Crippen molar-refractivity contribution in [2.75, 3.05) is 13.6 Å². The Hall–Kier alpha value is 0.690. The Morgan fingerprint density at radius 3 is 1.80 bits per heavy atom. The third-order valence-electron chi connectivity index (χ3n) is 3.01. The fourth-order valence-electron chi connectivity index (χ4n) is 2.02. The number of rotatable bonds is 10. The minimum Gasteiger partial charge on any atom is -0.251 e. The molecule has 0 N–H and O–H groups in total. The summed E-state index contributed by atoms with van der Waals surface area (Å²) in [5.41, 5.74) is 0. The summed E-state index contributed by atoms with van der Waals surface area (Å²) in [6.07, 6.45) is 11.3. The molecule has 0 atom stereocenters. The Balaban J connectivity index is 3.58. The summed E-state index contributed by atoms with van der Waals surface area (Å²) in [7, 11) is 2.16. The van der Waals surface area contributed by atoms with Crippen molar-refractivity contribution in [2.24, 2.45) is 5.92 Å². The molecule has 0 rings (SSSR count). The van der Waals surface area contributed by atoms with E-state index in [4.69, 9.17) is 0 Å².